The van der Waals surface area contributed by atoms with Crippen LogP contribution in [0.15, 0.2) is 0 Å². The number of hydrogen-bond acceptors (Lipinski definition) is 6. The Morgan fingerprint density at radius 3 is 2.00 bits per heavy atom. The molecule has 8 heteroatoms. The molecule has 0 saturated heterocycles. The Labute approximate surface area is 98.0 Å². The lowest BCUT2D eigenvalue weighted by Crippen LogP contribution is -2.49. The molecule has 6 N–H and O–H groups in total. The molecule has 0 unspecified atom stereocenters. The third-order valence-electron chi connectivity index (χ3n) is 1.79. The van der Waals surface area contributed by atoms with Crippen LogP contribution in [0.5, 0.6) is 0 Å². The molecule has 0 aromatic heterocycles. The highest BCUT2D eigenvalue weighted by atomic mass is 32.1. The second-order valence-corrected chi connectivity index (χ2v) is 4.14. The van der Waals surface area contributed by atoms with Crippen LogP contribution in [-0.2, 0) is 0 Å². The largest absolute Gasteiger partial charge is 0.394 e. The van der Waals surface area contributed by atoms with Crippen molar-refractivity contribution in [2.45, 2.75) is 24.4 Å². The maximum atomic E-state index is 9.32. The Kier molecular flexibility index (Phi) is 7.36. The molecule has 0 spiro atoms. The Hall–Kier alpha value is 0.0400. The molecule has 15 heavy (non-hydrogen) atoms. The van der Waals surface area contributed by atoms with Crippen molar-refractivity contribution in [3.05, 3.63) is 0 Å². The van der Waals surface area contributed by atoms with Gasteiger partial charge in [-0.05, 0) is 0 Å². The Morgan fingerprint density at radius 2 is 1.60 bits per heavy atom. The van der Waals surface area contributed by atoms with E-state index in [1.54, 1.807) is 0 Å². The molecule has 0 heterocycles. The number of nitrogens with one attached hydrogen (secondary N) is 1. The molecule has 0 aromatic carbocycles. The average molecular weight is 257 g/mol. The molecule has 0 aliphatic heterocycles. The van der Waals surface area contributed by atoms with Gasteiger partial charge in [0.25, 0.3) is 0 Å². The van der Waals surface area contributed by atoms with E-state index in [2.05, 4.69) is 30.2 Å². The molecule has 0 rings (SSSR count). The van der Waals surface area contributed by atoms with Crippen LogP contribution in [0.2, 0.25) is 0 Å². The highest BCUT2D eigenvalue weighted by Crippen LogP contribution is 2.04. The van der Waals surface area contributed by atoms with Gasteiger partial charge in [0.15, 0.2) is 0 Å². The minimum absolute atomic E-state index is 0.112. The van der Waals surface area contributed by atoms with Gasteiger partial charge in [-0.25, -0.2) is 0 Å². The van der Waals surface area contributed by atoms with Crippen molar-refractivity contribution in [3.63, 3.8) is 0 Å². The third kappa shape index (κ3) is 5.61. The van der Waals surface area contributed by atoms with Gasteiger partial charge in [-0.1, -0.05) is 12.2 Å². The van der Waals surface area contributed by atoms with E-state index in [9.17, 15) is 15.3 Å². The van der Waals surface area contributed by atoms with Gasteiger partial charge >= 0.3 is 0 Å². The number of hydrogen-bond donors (Lipinski definition) is 7. The van der Waals surface area contributed by atoms with Crippen molar-refractivity contribution in [3.8, 4) is 0 Å². The molecule has 0 radical (unpaired) electrons. The second-order valence-electron chi connectivity index (χ2n) is 2.98. The normalized spacial score (nSPS) is 19.1. The van der Waals surface area contributed by atoms with Crippen LogP contribution in [0.1, 0.15) is 0 Å². The molecule has 0 aliphatic rings. The number of rotatable bonds is 6. The fourth-order valence-corrected chi connectivity index (χ4v) is 1.05. The molecule has 0 saturated carbocycles. The van der Waals surface area contributed by atoms with E-state index in [0.717, 1.165) is 0 Å². The van der Waals surface area contributed by atoms with E-state index in [-0.39, 0.29) is 10.9 Å². The predicted molar refractivity (Wildman–Crippen MR) is 60.7 cm³/mol. The van der Waals surface area contributed by atoms with E-state index < -0.39 is 31.0 Å². The smallest absolute Gasteiger partial charge is 0.130 e. The van der Waals surface area contributed by atoms with Gasteiger partial charge in [-0.3, -0.25) is 0 Å². The predicted octanol–water partition coefficient (Wildman–Crippen LogP) is -2.77. The lowest BCUT2D eigenvalue weighted by Gasteiger charge is -2.25. The molecule has 6 nitrogen and oxygen atoms in total. The van der Waals surface area contributed by atoms with Gasteiger partial charge in [-0.2, -0.15) is 0 Å². The molecular weight excluding hydrogens is 242 g/mol. The Morgan fingerprint density at radius 1 is 1.13 bits per heavy atom. The first-order valence-corrected chi connectivity index (χ1v) is 5.05. The molecule has 0 fully saturated rings. The summed E-state index contributed by atoms with van der Waals surface area (Å²) >= 11 is 8.28. The van der Waals surface area contributed by atoms with Gasteiger partial charge in [0.05, 0.1) is 12.7 Å². The number of aliphatic hydroxyl groups excluding tert-OH is 5. The van der Waals surface area contributed by atoms with Crippen molar-refractivity contribution in [1.29, 1.82) is 0 Å². The monoisotopic (exact) mass is 257 g/mol. The molecular formula is C7H15NO5S2. The summed E-state index contributed by atoms with van der Waals surface area (Å²) in [6.07, 6.45) is -6.04. The Balaban J connectivity index is 4.06. The number of thiol groups is 1. The highest BCUT2D eigenvalue weighted by Gasteiger charge is 2.29. The summed E-state index contributed by atoms with van der Waals surface area (Å²) in [4.78, 5) is 0. The molecule has 0 amide bonds. The zero-order chi connectivity index (χ0) is 12.0. The van der Waals surface area contributed by atoms with Crippen LogP contribution in [-0.4, -0.2) is 67.4 Å². The summed E-state index contributed by atoms with van der Waals surface area (Å²) in [6.45, 7) is -0.817. The highest BCUT2D eigenvalue weighted by molar-refractivity contribution is 8.11. The summed E-state index contributed by atoms with van der Waals surface area (Å²) < 4.78 is 0.137. The quantitative estimate of drug-likeness (QED) is 0.204. The maximum Gasteiger partial charge on any atom is 0.130 e. The van der Waals surface area contributed by atoms with E-state index in [1.807, 2.05) is 0 Å². The van der Waals surface area contributed by atoms with E-state index in [0.29, 0.717) is 0 Å². The minimum Gasteiger partial charge on any atom is -0.394 e. The van der Waals surface area contributed by atoms with Gasteiger partial charge in [0.1, 0.15) is 22.6 Å². The van der Waals surface area contributed by atoms with Gasteiger partial charge < -0.3 is 30.8 Å². The van der Waals surface area contributed by atoms with Crippen molar-refractivity contribution in [2.24, 2.45) is 0 Å². The summed E-state index contributed by atoms with van der Waals surface area (Å²) in [5.41, 5.74) is 0. The molecule has 90 valence electrons. The number of thiocarbonyl (C=S) groups is 1. The second kappa shape index (κ2) is 7.34. The van der Waals surface area contributed by atoms with Crippen LogP contribution in [0.3, 0.4) is 0 Å². The third-order valence-corrected chi connectivity index (χ3v) is 2.09. The first-order valence-electron chi connectivity index (χ1n) is 4.20. The molecule has 0 aliphatic carbocycles. The van der Waals surface area contributed by atoms with Crippen LogP contribution in [0, 0.1) is 0 Å². The van der Waals surface area contributed by atoms with Crippen LogP contribution >= 0.6 is 24.8 Å². The Bertz CT molecular complexity index is 206. The summed E-state index contributed by atoms with van der Waals surface area (Å²) in [5.74, 6) is 0. The van der Waals surface area contributed by atoms with E-state index in [4.69, 9.17) is 10.2 Å². The van der Waals surface area contributed by atoms with Gasteiger partial charge in [0, 0.05) is 6.54 Å². The standard InChI is InChI=1S/C7H15NO5S2/c9-2-4(11)6(13)5(12)3(10)1-8-7(14)15/h3-6,9-13H,1-2H2,(H2,8,14,15)/t3-,4+,5+,6+/m0/s1. The van der Waals surface area contributed by atoms with Gasteiger partial charge in [0.2, 0.25) is 0 Å². The maximum absolute atomic E-state index is 9.32. The fraction of sp³-hybridized carbons (Fsp3) is 0.857. The van der Waals surface area contributed by atoms with E-state index >= 15 is 0 Å². The van der Waals surface area contributed by atoms with Crippen molar-refractivity contribution in [1.82, 2.24) is 5.32 Å². The number of aliphatic hydroxyl groups is 5. The first kappa shape index (κ1) is 15.0. The molecule has 0 aromatic rings. The average Bonchev–Trinajstić information content (AvgIpc) is 2.22. The summed E-state index contributed by atoms with van der Waals surface area (Å²) in [6, 6.07) is 0. The van der Waals surface area contributed by atoms with Crippen LogP contribution in [0.25, 0.3) is 0 Å². The first-order chi connectivity index (χ1) is 6.90. The lowest BCUT2D eigenvalue weighted by molar-refractivity contribution is -0.113. The lowest BCUT2D eigenvalue weighted by atomic mass is 10.0. The van der Waals surface area contributed by atoms with Crippen molar-refractivity contribution >= 4 is 29.2 Å². The molecule has 4 atom stereocenters. The summed E-state index contributed by atoms with van der Waals surface area (Å²) in [7, 11) is 0. The minimum atomic E-state index is -1.62. The van der Waals surface area contributed by atoms with Crippen molar-refractivity contribution in [2.75, 3.05) is 13.2 Å². The fourth-order valence-electron chi connectivity index (χ4n) is 0.876. The molecule has 0 bridgehead atoms. The SMILES string of the molecule is OC[C@@H](O)[C@@H](O)[C@H](O)[C@@H](O)CNC(=S)S. The van der Waals surface area contributed by atoms with E-state index in [1.165, 1.54) is 0 Å². The van der Waals surface area contributed by atoms with Crippen LogP contribution in [0.4, 0.5) is 0 Å². The topological polar surface area (TPSA) is 113 Å². The van der Waals surface area contributed by atoms with Crippen molar-refractivity contribution < 1.29 is 25.5 Å². The zero-order valence-electron chi connectivity index (χ0n) is 7.82. The summed E-state index contributed by atoms with van der Waals surface area (Å²) in [5, 5.41) is 47.8. The van der Waals surface area contributed by atoms with Crippen LogP contribution < -0.4 is 5.32 Å². The zero-order valence-corrected chi connectivity index (χ0v) is 9.53. The van der Waals surface area contributed by atoms with Gasteiger partial charge in [-0.15, -0.1) is 12.6 Å².